The highest BCUT2D eigenvalue weighted by Gasteiger charge is 2.28. The molecule has 0 saturated heterocycles. The van der Waals surface area contributed by atoms with Gasteiger partial charge in [-0.15, -0.1) is 0 Å². The Morgan fingerprint density at radius 2 is 2.08 bits per heavy atom. The van der Waals surface area contributed by atoms with Crippen molar-refractivity contribution in [3.05, 3.63) is 41.0 Å². The minimum Gasteiger partial charge on any atom is -0.344 e. The molecule has 0 radical (unpaired) electrons. The van der Waals surface area contributed by atoms with E-state index >= 15 is 0 Å². The maximum absolute atomic E-state index is 13.0. The van der Waals surface area contributed by atoms with Gasteiger partial charge in [-0.3, -0.25) is 14.2 Å². The molecule has 0 aliphatic heterocycles. The predicted molar refractivity (Wildman–Crippen MR) is 94.3 cm³/mol. The number of pyridine rings is 1. The van der Waals surface area contributed by atoms with Crippen LogP contribution in [-0.2, 0) is 14.1 Å². The van der Waals surface area contributed by atoms with Crippen LogP contribution < -0.4 is 5.32 Å². The zero-order valence-electron chi connectivity index (χ0n) is 14.9. The molecule has 130 valence electrons. The van der Waals surface area contributed by atoms with Crippen LogP contribution in [0.3, 0.4) is 0 Å². The summed E-state index contributed by atoms with van der Waals surface area (Å²) in [6, 6.07) is 3.69. The van der Waals surface area contributed by atoms with Crippen LogP contribution in [0.5, 0.6) is 0 Å². The molecular weight excluding hydrogens is 316 g/mol. The van der Waals surface area contributed by atoms with Crippen molar-refractivity contribution < 1.29 is 4.79 Å². The number of aromatic nitrogens is 5. The fourth-order valence-electron chi connectivity index (χ4n) is 3.24. The summed E-state index contributed by atoms with van der Waals surface area (Å²) in [6.07, 6.45) is 4.15. The van der Waals surface area contributed by atoms with Gasteiger partial charge in [0.2, 0.25) is 0 Å². The standard InChI is InChI=1S/C18H22N6O/c1-10(14-7-8-23(3)22-14)19-18(25)13-9-15(12-5-6-12)20-17-16(13)11(2)21-24(17)4/h7-10,12H,5-6H2,1-4H3,(H,19,25). The van der Waals surface area contributed by atoms with E-state index in [1.165, 1.54) is 0 Å². The molecule has 1 aliphatic carbocycles. The third kappa shape index (κ3) is 2.79. The van der Waals surface area contributed by atoms with Crippen LogP contribution in [0.15, 0.2) is 18.3 Å². The van der Waals surface area contributed by atoms with Crippen molar-refractivity contribution in [2.24, 2.45) is 14.1 Å². The van der Waals surface area contributed by atoms with E-state index in [4.69, 9.17) is 4.98 Å². The van der Waals surface area contributed by atoms with Crippen molar-refractivity contribution in [2.75, 3.05) is 0 Å². The molecule has 1 unspecified atom stereocenters. The highest BCUT2D eigenvalue weighted by Crippen LogP contribution is 2.40. The second-order valence-corrected chi connectivity index (χ2v) is 6.89. The van der Waals surface area contributed by atoms with Gasteiger partial charge in [0.15, 0.2) is 5.65 Å². The Morgan fingerprint density at radius 1 is 1.32 bits per heavy atom. The van der Waals surface area contributed by atoms with Gasteiger partial charge in [0.1, 0.15) is 0 Å². The lowest BCUT2D eigenvalue weighted by Crippen LogP contribution is -2.27. The Kier molecular flexibility index (Phi) is 3.59. The lowest BCUT2D eigenvalue weighted by atomic mass is 10.1. The van der Waals surface area contributed by atoms with Gasteiger partial charge in [-0.25, -0.2) is 4.98 Å². The second kappa shape index (κ2) is 5.68. The Labute approximate surface area is 146 Å². The average Bonchev–Trinajstić information content (AvgIpc) is 3.27. The molecule has 3 aromatic rings. The fraction of sp³-hybridized carbons (Fsp3) is 0.444. The summed E-state index contributed by atoms with van der Waals surface area (Å²) in [5, 5.41) is 12.7. The molecule has 1 fully saturated rings. The zero-order chi connectivity index (χ0) is 17.7. The number of hydrogen-bond acceptors (Lipinski definition) is 4. The van der Waals surface area contributed by atoms with Crippen molar-refractivity contribution in [2.45, 2.75) is 38.6 Å². The minimum atomic E-state index is -0.168. The Hall–Kier alpha value is -2.70. The molecule has 7 heteroatoms. The van der Waals surface area contributed by atoms with E-state index in [2.05, 4.69) is 15.5 Å². The van der Waals surface area contributed by atoms with Gasteiger partial charge in [-0.1, -0.05) is 0 Å². The topological polar surface area (TPSA) is 77.6 Å². The van der Waals surface area contributed by atoms with Gasteiger partial charge in [-0.2, -0.15) is 10.2 Å². The third-order valence-electron chi connectivity index (χ3n) is 4.75. The lowest BCUT2D eigenvalue weighted by Gasteiger charge is -2.13. The van der Waals surface area contributed by atoms with Gasteiger partial charge in [0, 0.05) is 31.9 Å². The number of amides is 1. The van der Waals surface area contributed by atoms with Gasteiger partial charge >= 0.3 is 0 Å². The second-order valence-electron chi connectivity index (χ2n) is 6.89. The van der Waals surface area contributed by atoms with Crippen molar-refractivity contribution in [1.82, 2.24) is 29.9 Å². The molecular formula is C18H22N6O. The van der Waals surface area contributed by atoms with E-state index in [9.17, 15) is 4.79 Å². The van der Waals surface area contributed by atoms with Crippen molar-refractivity contribution in [3.63, 3.8) is 0 Å². The summed E-state index contributed by atoms with van der Waals surface area (Å²) in [5.74, 6) is 0.364. The highest BCUT2D eigenvalue weighted by molar-refractivity contribution is 6.06. The molecule has 0 aromatic carbocycles. The van der Waals surface area contributed by atoms with Crippen LogP contribution >= 0.6 is 0 Å². The average molecular weight is 338 g/mol. The van der Waals surface area contributed by atoms with E-state index in [-0.39, 0.29) is 11.9 Å². The summed E-state index contributed by atoms with van der Waals surface area (Å²) >= 11 is 0. The van der Waals surface area contributed by atoms with Crippen molar-refractivity contribution in [1.29, 1.82) is 0 Å². The van der Waals surface area contributed by atoms with E-state index in [0.29, 0.717) is 11.5 Å². The first kappa shape index (κ1) is 15.8. The number of fused-ring (bicyclic) bond motifs is 1. The minimum absolute atomic E-state index is 0.108. The van der Waals surface area contributed by atoms with Crippen LogP contribution in [-0.4, -0.2) is 30.5 Å². The van der Waals surface area contributed by atoms with E-state index in [0.717, 1.165) is 41.0 Å². The number of rotatable bonds is 4. The molecule has 1 N–H and O–H groups in total. The Morgan fingerprint density at radius 3 is 2.72 bits per heavy atom. The lowest BCUT2D eigenvalue weighted by molar-refractivity contribution is 0.0940. The molecule has 7 nitrogen and oxygen atoms in total. The van der Waals surface area contributed by atoms with Crippen molar-refractivity contribution in [3.8, 4) is 0 Å². The number of nitrogens with zero attached hydrogens (tertiary/aromatic N) is 5. The fourth-order valence-corrected chi connectivity index (χ4v) is 3.24. The molecule has 0 spiro atoms. The maximum atomic E-state index is 13.0. The molecule has 3 heterocycles. The molecule has 1 amide bonds. The van der Waals surface area contributed by atoms with Crippen LogP contribution in [0, 0.1) is 6.92 Å². The predicted octanol–water partition coefficient (Wildman–Crippen LogP) is 2.38. The number of nitrogens with one attached hydrogen (secondary N) is 1. The van der Waals surface area contributed by atoms with E-state index in [1.807, 2.05) is 46.3 Å². The van der Waals surface area contributed by atoms with Crippen LogP contribution in [0.1, 0.15) is 59.2 Å². The van der Waals surface area contributed by atoms with E-state index in [1.54, 1.807) is 9.36 Å². The summed E-state index contributed by atoms with van der Waals surface area (Å²) in [4.78, 5) is 17.7. The molecule has 0 bridgehead atoms. The quantitative estimate of drug-likeness (QED) is 0.792. The molecule has 1 aliphatic rings. The van der Waals surface area contributed by atoms with Crippen LogP contribution in [0.25, 0.3) is 11.0 Å². The SMILES string of the molecule is Cc1nn(C)c2nc(C3CC3)cc(C(=O)NC(C)c3ccn(C)n3)c12. The molecule has 1 saturated carbocycles. The first-order chi connectivity index (χ1) is 11.9. The van der Waals surface area contributed by atoms with E-state index < -0.39 is 0 Å². The third-order valence-corrected chi connectivity index (χ3v) is 4.75. The van der Waals surface area contributed by atoms with Gasteiger partial charge in [-0.05, 0) is 38.8 Å². The maximum Gasteiger partial charge on any atom is 0.252 e. The smallest absolute Gasteiger partial charge is 0.252 e. The molecule has 3 aromatic heterocycles. The van der Waals surface area contributed by atoms with Crippen molar-refractivity contribution >= 4 is 16.9 Å². The monoisotopic (exact) mass is 338 g/mol. The summed E-state index contributed by atoms with van der Waals surface area (Å²) in [6.45, 7) is 3.86. The zero-order valence-corrected chi connectivity index (χ0v) is 14.9. The summed E-state index contributed by atoms with van der Waals surface area (Å²) in [7, 11) is 3.74. The highest BCUT2D eigenvalue weighted by atomic mass is 16.1. The van der Waals surface area contributed by atoms with Gasteiger partial charge < -0.3 is 5.32 Å². The number of hydrogen-bond donors (Lipinski definition) is 1. The van der Waals surface area contributed by atoms with Crippen LogP contribution in [0.2, 0.25) is 0 Å². The summed E-state index contributed by atoms with van der Waals surface area (Å²) in [5.41, 5.74) is 4.08. The first-order valence-electron chi connectivity index (χ1n) is 8.58. The molecule has 1 atom stereocenters. The number of carbonyl (C=O) groups is 1. The number of carbonyl (C=O) groups excluding carboxylic acids is 1. The summed E-state index contributed by atoms with van der Waals surface area (Å²) < 4.78 is 3.49. The van der Waals surface area contributed by atoms with Crippen LogP contribution in [0.4, 0.5) is 0 Å². The van der Waals surface area contributed by atoms with Gasteiger partial charge in [0.25, 0.3) is 5.91 Å². The largest absolute Gasteiger partial charge is 0.344 e. The molecule has 4 rings (SSSR count). The first-order valence-corrected chi connectivity index (χ1v) is 8.58. The normalized spacial score (nSPS) is 15.5. The Balaban J connectivity index is 1.72. The number of aryl methyl sites for hydroxylation is 3. The Bertz CT molecular complexity index is 966. The molecule has 25 heavy (non-hydrogen) atoms. The van der Waals surface area contributed by atoms with Gasteiger partial charge in [0.05, 0.1) is 28.4 Å².